The molecule has 4 aromatic rings. The zero-order valence-corrected chi connectivity index (χ0v) is 28.5. The van der Waals surface area contributed by atoms with Gasteiger partial charge < -0.3 is 29.3 Å². The van der Waals surface area contributed by atoms with Gasteiger partial charge in [0.25, 0.3) is 0 Å². The number of fused-ring (bicyclic) bond motifs is 5. The minimum Gasteiger partial charge on any atom is -0.462 e. The van der Waals surface area contributed by atoms with Gasteiger partial charge in [-0.15, -0.1) is 0 Å². The summed E-state index contributed by atoms with van der Waals surface area (Å²) in [5, 5.41) is 6.05. The second kappa shape index (κ2) is 15.1. The van der Waals surface area contributed by atoms with Crippen molar-refractivity contribution in [1.82, 2.24) is 5.32 Å². The fourth-order valence-electron chi connectivity index (χ4n) is 6.67. The lowest BCUT2D eigenvalue weighted by molar-refractivity contribution is -0.116. The molecule has 0 atom stereocenters. The summed E-state index contributed by atoms with van der Waals surface area (Å²) in [6.45, 7) is 1.99. The lowest BCUT2D eigenvalue weighted by Gasteiger charge is -2.18. The molecule has 11 nitrogen and oxygen atoms in total. The summed E-state index contributed by atoms with van der Waals surface area (Å²) in [6.07, 6.45) is 0.169. The van der Waals surface area contributed by atoms with E-state index in [-0.39, 0.29) is 54.6 Å². The van der Waals surface area contributed by atoms with E-state index < -0.39 is 18.0 Å². The van der Waals surface area contributed by atoms with E-state index in [9.17, 15) is 24.0 Å². The maximum absolute atomic E-state index is 13.2. The minimum atomic E-state index is -0.633. The van der Waals surface area contributed by atoms with Gasteiger partial charge in [0.1, 0.15) is 23.7 Å². The van der Waals surface area contributed by atoms with Gasteiger partial charge in [-0.05, 0) is 77.2 Å². The largest absolute Gasteiger partial charge is 0.462 e. The van der Waals surface area contributed by atoms with Crippen molar-refractivity contribution >= 4 is 40.6 Å². The van der Waals surface area contributed by atoms with Gasteiger partial charge in [-0.3, -0.25) is 9.59 Å². The van der Waals surface area contributed by atoms with E-state index in [0.717, 1.165) is 28.5 Å². The first-order chi connectivity index (χ1) is 25.8. The van der Waals surface area contributed by atoms with Crippen LogP contribution in [0.25, 0.3) is 44.5 Å². The number of esters is 1. The Bertz CT molecular complexity index is 2420. The first-order valence-electron chi connectivity index (χ1n) is 16.9. The molecule has 0 fully saturated rings. The quantitative estimate of drug-likeness (QED) is 0.0610. The summed E-state index contributed by atoms with van der Waals surface area (Å²) in [6, 6.07) is 30.1. The summed E-state index contributed by atoms with van der Waals surface area (Å²) in [5.41, 5.74) is 6.52. The highest BCUT2D eigenvalue weighted by molar-refractivity contribution is 6.09. The average Bonchev–Trinajstić information content (AvgIpc) is 3.48. The number of hydrogen-bond acceptors (Lipinski definition) is 9. The van der Waals surface area contributed by atoms with Gasteiger partial charge in [0.15, 0.2) is 17.6 Å². The van der Waals surface area contributed by atoms with Gasteiger partial charge in [0.05, 0.1) is 12.2 Å². The van der Waals surface area contributed by atoms with Crippen molar-refractivity contribution in [1.29, 1.82) is 0 Å². The molecule has 0 unspecified atom stereocenters. The molecule has 0 saturated heterocycles. The van der Waals surface area contributed by atoms with Crippen molar-refractivity contribution in [3.05, 3.63) is 136 Å². The Hall–Kier alpha value is -6.97. The lowest BCUT2D eigenvalue weighted by atomic mass is 9.90. The third kappa shape index (κ3) is 7.14. The molecule has 11 heteroatoms. The highest BCUT2D eigenvalue weighted by Crippen LogP contribution is 2.45. The Kier molecular flexibility index (Phi) is 9.82. The van der Waals surface area contributed by atoms with Crippen LogP contribution in [0.15, 0.2) is 119 Å². The van der Waals surface area contributed by atoms with E-state index >= 15 is 0 Å². The Morgan fingerprint density at radius 2 is 1.58 bits per heavy atom. The summed E-state index contributed by atoms with van der Waals surface area (Å²) in [7, 11) is 0. The van der Waals surface area contributed by atoms with E-state index in [0.29, 0.717) is 33.3 Å². The van der Waals surface area contributed by atoms with Crippen molar-refractivity contribution in [3.63, 3.8) is 0 Å². The van der Waals surface area contributed by atoms with Crippen molar-refractivity contribution in [2.24, 2.45) is 0 Å². The van der Waals surface area contributed by atoms with Gasteiger partial charge in [-0.2, -0.15) is 0 Å². The van der Waals surface area contributed by atoms with Crippen LogP contribution in [0.3, 0.4) is 0 Å². The maximum Gasteiger partial charge on any atom is 0.407 e. The number of benzene rings is 5. The number of rotatable bonds is 11. The van der Waals surface area contributed by atoms with E-state index in [1.807, 2.05) is 36.4 Å². The molecule has 1 heterocycles. The number of carbonyl (C=O) groups is 3. The van der Waals surface area contributed by atoms with Gasteiger partial charge in [-0.1, -0.05) is 48.5 Å². The van der Waals surface area contributed by atoms with E-state index in [1.165, 1.54) is 12.1 Å². The van der Waals surface area contributed by atoms with Gasteiger partial charge >= 0.3 is 12.1 Å². The van der Waals surface area contributed by atoms with Crippen molar-refractivity contribution in [2.75, 3.05) is 25.1 Å². The molecule has 53 heavy (non-hydrogen) atoms. The number of anilines is 1. The fourth-order valence-corrected chi connectivity index (χ4v) is 6.67. The van der Waals surface area contributed by atoms with E-state index in [1.54, 1.807) is 55.3 Å². The smallest absolute Gasteiger partial charge is 0.407 e. The van der Waals surface area contributed by atoms with Crippen molar-refractivity contribution in [2.45, 2.75) is 19.3 Å². The van der Waals surface area contributed by atoms with Crippen LogP contribution in [-0.4, -0.2) is 43.7 Å². The number of nitrogens with one attached hydrogen (secondary N) is 2. The molecule has 0 saturated carbocycles. The third-order valence-corrected chi connectivity index (χ3v) is 8.94. The standard InChI is InChI=1S/C42H32N2O9/c1-2-50-41(48)32-14-11-25(21-35(32)40-33-15-12-26(46)22-37(33)53-38-23-27(51-20-19-45)13-16-34(38)40)44-39(47)17-18-43-42(49)52-24-36-30-9-5-3-7-28(30)29-8-4-6-10-31(29)36/h3-16,20-23,36H,2,17-18,24H2,1H3,(H,43,49)(H,44,47). The van der Waals surface area contributed by atoms with Gasteiger partial charge in [-0.25, -0.2) is 14.4 Å². The molecule has 264 valence electrons. The number of amides is 2. The molecule has 2 amide bonds. The van der Waals surface area contributed by atoms with Crippen molar-refractivity contribution in [3.8, 4) is 39.3 Å². The van der Waals surface area contributed by atoms with Crippen LogP contribution in [-0.2, 0) is 19.1 Å². The van der Waals surface area contributed by atoms with Crippen LogP contribution in [0.2, 0.25) is 0 Å². The monoisotopic (exact) mass is 708 g/mol. The summed E-state index contributed by atoms with van der Waals surface area (Å²) >= 11 is 0. The summed E-state index contributed by atoms with van der Waals surface area (Å²) < 4.78 is 22.3. The molecule has 4 aromatic carbocycles. The minimum absolute atomic E-state index is 0.0208. The summed E-state index contributed by atoms with van der Waals surface area (Å²) in [4.78, 5) is 62.1. The highest BCUT2D eigenvalue weighted by Gasteiger charge is 2.29. The Balaban J connectivity index is 1.09. The van der Waals surface area contributed by atoms with Crippen LogP contribution < -0.4 is 20.8 Å². The predicted molar refractivity (Wildman–Crippen MR) is 198 cm³/mol. The molecular weight excluding hydrogens is 676 g/mol. The molecule has 0 bridgehead atoms. The predicted octanol–water partition coefficient (Wildman–Crippen LogP) is 7.33. The second-order valence-corrected chi connectivity index (χ2v) is 12.2. The zero-order chi connectivity index (χ0) is 36.9. The molecule has 0 radical (unpaired) electrons. The Morgan fingerprint density at radius 1 is 0.830 bits per heavy atom. The van der Waals surface area contributed by atoms with Crippen LogP contribution in [0.1, 0.15) is 40.7 Å². The molecule has 2 aliphatic carbocycles. The SMILES string of the molecule is CCOC(=O)c1ccc(NC(=O)CCNC(=O)OCC2c3ccccc3-c3ccccc32)cc1-c1c2ccc(=O)cc-2oc2cc(OC=C=O)ccc12. The number of alkyl carbamates (subject to hydrolysis) is 1. The molecule has 0 aromatic heterocycles. The molecule has 0 spiro atoms. The Morgan fingerprint density at radius 3 is 2.32 bits per heavy atom. The van der Waals surface area contributed by atoms with Crippen LogP contribution in [0, 0.1) is 0 Å². The molecule has 1 aliphatic heterocycles. The van der Waals surface area contributed by atoms with Gasteiger partial charge in [0.2, 0.25) is 5.91 Å². The zero-order valence-electron chi connectivity index (χ0n) is 28.5. The number of carbonyl (C=O) groups excluding carboxylic acids is 4. The normalized spacial score (nSPS) is 11.6. The first kappa shape index (κ1) is 34.5. The average molecular weight is 709 g/mol. The summed E-state index contributed by atoms with van der Waals surface area (Å²) in [5.74, 6) is 1.00. The molecule has 3 aliphatic rings. The Labute approximate surface area is 303 Å². The van der Waals surface area contributed by atoms with Crippen LogP contribution in [0.4, 0.5) is 10.5 Å². The molecular formula is C42H32N2O9. The first-order valence-corrected chi connectivity index (χ1v) is 16.9. The van der Waals surface area contributed by atoms with E-state index in [4.69, 9.17) is 18.6 Å². The van der Waals surface area contributed by atoms with Gasteiger partial charge in [0, 0.05) is 53.2 Å². The maximum atomic E-state index is 13.2. The molecule has 2 N–H and O–H groups in total. The fraction of sp³-hybridized carbons (Fsp3) is 0.143. The lowest BCUT2D eigenvalue weighted by Crippen LogP contribution is -2.29. The van der Waals surface area contributed by atoms with Crippen LogP contribution in [0.5, 0.6) is 5.75 Å². The van der Waals surface area contributed by atoms with E-state index in [2.05, 4.69) is 22.8 Å². The third-order valence-electron chi connectivity index (χ3n) is 8.94. The van der Waals surface area contributed by atoms with Crippen LogP contribution >= 0.6 is 0 Å². The number of hydrogen-bond donors (Lipinski definition) is 2. The second-order valence-electron chi connectivity index (χ2n) is 12.2. The van der Waals surface area contributed by atoms with Crippen molar-refractivity contribution < 1.29 is 37.8 Å². The molecule has 7 rings (SSSR count). The number of ether oxygens (including phenoxy) is 3. The highest BCUT2D eigenvalue weighted by atomic mass is 16.5. The topological polar surface area (TPSA) is 150 Å².